The number of carbonyl (C=O) groups excluding carboxylic acids is 1. The highest BCUT2D eigenvalue weighted by Crippen LogP contribution is 2.38. The number of aliphatic hydroxyl groups excluding tert-OH is 1. The summed E-state index contributed by atoms with van der Waals surface area (Å²) in [5.41, 5.74) is -1.56. The lowest BCUT2D eigenvalue weighted by Gasteiger charge is -2.35. The maximum atomic E-state index is 13.5. The van der Waals surface area contributed by atoms with Crippen LogP contribution in [-0.4, -0.2) is 72.3 Å². The number of sulfonamides is 1. The van der Waals surface area contributed by atoms with Gasteiger partial charge in [-0.25, -0.2) is 13.1 Å². The van der Waals surface area contributed by atoms with E-state index in [4.69, 9.17) is 14.6 Å². The Morgan fingerprint density at radius 2 is 2.21 bits per heavy atom. The summed E-state index contributed by atoms with van der Waals surface area (Å²) in [7, 11) is -4.50. The van der Waals surface area contributed by atoms with E-state index in [1.54, 1.807) is 0 Å². The first-order valence-corrected chi connectivity index (χ1v) is 11.2. The number of carbonyl (C=O) groups is 1. The van der Waals surface area contributed by atoms with E-state index in [-0.39, 0.29) is 35.8 Å². The molecule has 0 spiro atoms. The molecule has 1 aliphatic heterocycles. The number of nitrogens with one attached hydrogen (secondary N) is 1. The van der Waals surface area contributed by atoms with Gasteiger partial charge in [0.15, 0.2) is 4.90 Å². The molecule has 3 rings (SSSR count). The molecule has 2 aromatic rings. The van der Waals surface area contributed by atoms with Crippen LogP contribution in [-0.2, 0) is 14.8 Å². The second kappa shape index (κ2) is 9.49. The number of alkyl halides is 2. The first-order chi connectivity index (χ1) is 15.4. The van der Waals surface area contributed by atoms with E-state index in [0.29, 0.717) is 6.20 Å². The molecule has 0 fully saturated rings. The third kappa shape index (κ3) is 5.34. The molecule has 0 bridgehead atoms. The van der Waals surface area contributed by atoms with Crippen LogP contribution in [0.3, 0.4) is 0 Å². The van der Waals surface area contributed by atoms with E-state index in [9.17, 15) is 27.1 Å². The SMILES string of the molecule is CC(C)(O)C(=O)NC[C@H]1CN(S(=O)(=O)c2cn(C(F)F)nc2OCCO)c2c[c]ccc2O1. The number of amides is 1. The summed E-state index contributed by atoms with van der Waals surface area (Å²) in [5.74, 6) is -1.13. The molecule has 11 nitrogen and oxygen atoms in total. The molecule has 181 valence electrons. The number of aliphatic hydroxyl groups is 2. The quantitative estimate of drug-likeness (QED) is 0.456. The van der Waals surface area contributed by atoms with Gasteiger partial charge >= 0.3 is 6.55 Å². The van der Waals surface area contributed by atoms with Crippen molar-refractivity contribution in [3.05, 3.63) is 30.5 Å². The molecule has 0 unspecified atom stereocenters. The number of halogens is 2. The fourth-order valence-corrected chi connectivity index (χ4v) is 4.52. The molecule has 0 saturated carbocycles. The van der Waals surface area contributed by atoms with Crippen LogP contribution in [0.4, 0.5) is 14.5 Å². The van der Waals surface area contributed by atoms with Gasteiger partial charge in [0.2, 0.25) is 0 Å². The molecule has 0 aliphatic carbocycles. The van der Waals surface area contributed by atoms with Crippen LogP contribution < -0.4 is 19.1 Å². The van der Waals surface area contributed by atoms with E-state index >= 15 is 0 Å². The Labute approximate surface area is 188 Å². The highest BCUT2D eigenvalue weighted by atomic mass is 32.2. The maximum Gasteiger partial charge on any atom is 0.333 e. The Bertz CT molecular complexity index is 1100. The predicted molar refractivity (Wildman–Crippen MR) is 110 cm³/mol. The third-order valence-corrected chi connectivity index (χ3v) is 6.31. The number of hydrogen-bond acceptors (Lipinski definition) is 8. The molecule has 0 saturated heterocycles. The predicted octanol–water partition coefficient (Wildman–Crippen LogP) is 0.293. The van der Waals surface area contributed by atoms with Crippen LogP contribution >= 0.6 is 0 Å². The molecule has 1 aromatic carbocycles. The van der Waals surface area contributed by atoms with E-state index in [2.05, 4.69) is 16.5 Å². The Morgan fingerprint density at radius 3 is 2.85 bits per heavy atom. The smallest absolute Gasteiger partial charge is 0.333 e. The monoisotopic (exact) mass is 489 g/mol. The molecular weight excluding hydrogens is 466 g/mol. The molecule has 1 aromatic heterocycles. The van der Waals surface area contributed by atoms with E-state index in [1.807, 2.05) is 0 Å². The minimum atomic E-state index is -4.50. The van der Waals surface area contributed by atoms with Crippen LogP contribution in [0.25, 0.3) is 0 Å². The third-order valence-electron chi connectivity index (χ3n) is 4.55. The minimum Gasteiger partial charge on any atom is -0.484 e. The highest BCUT2D eigenvalue weighted by Gasteiger charge is 2.38. The Kier molecular flexibility index (Phi) is 7.09. The lowest BCUT2D eigenvalue weighted by atomic mass is 10.1. The molecular formula is C19H23F2N4O7S. The van der Waals surface area contributed by atoms with Gasteiger partial charge in [0.25, 0.3) is 21.8 Å². The molecule has 14 heteroatoms. The molecule has 1 radical (unpaired) electrons. The van der Waals surface area contributed by atoms with Gasteiger partial charge in [0.05, 0.1) is 31.6 Å². The molecule has 3 N–H and O–H groups in total. The first-order valence-electron chi connectivity index (χ1n) is 9.76. The van der Waals surface area contributed by atoms with Gasteiger partial charge < -0.3 is 25.0 Å². The number of hydrogen-bond donors (Lipinski definition) is 3. The Hall–Kier alpha value is -2.97. The van der Waals surface area contributed by atoms with E-state index in [0.717, 1.165) is 4.31 Å². The van der Waals surface area contributed by atoms with Crippen molar-refractivity contribution in [1.82, 2.24) is 15.1 Å². The zero-order valence-corrected chi connectivity index (χ0v) is 18.6. The summed E-state index contributed by atoms with van der Waals surface area (Å²) in [4.78, 5) is 11.4. The maximum absolute atomic E-state index is 13.5. The summed E-state index contributed by atoms with van der Waals surface area (Å²) in [6, 6.07) is 7.05. The van der Waals surface area contributed by atoms with Crippen molar-refractivity contribution in [3.8, 4) is 11.6 Å². The van der Waals surface area contributed by atoms with Crippen LogP contribution in [0, 0.1) is 6.07 Å². The number of benzene rings is 1. The summed E-state index contributed by atoms with van der Waals surface area (Å²) in [6.07, 6.45) is -0.229. The number of nitrogens with zero attached hydrogens (tertiary/aromatic N) is 3. The summed E-state index contributed by atoms with van der Waals surface area (Å²) < 4.78 is 65.3. The lowest BCUT2D eigenvalue weighted by molar-refractivity contribution is -0.136. The first kappa shape index (κ1) is 24.7. The van der Waals surface area contributed by atoms with Gasteiger partial charge in [-0.1, -0.05) is 6.07 Å². The zero-order chi connectivity index (χ0) is 24.4. The Balaban J connectivity index is 1.97. The van der Waals surface area contributed by atoms with Crippen molar-refractivity contribution < 1.29 is 41.7 Å². The van der Waals surface area contributed by atoms with Gasteiger partial charge in [0.1, 0.15) is 24.1 Å². The molecule has 33 heavy (non-hydrogen) atoms. The average molecular weight is 489 g/mol. The molecule has 1 atom stereocenters. The van der Waals surface area contributed by atoms with Crippen molar-refractivity contribution >= 4 is 21.6 Å². The average Bonchev–Trinajstić information content (AvgIpc) is 3.20. The Morgan fingerprint density at radius 1 is 1.48 bits per heavy atom. The number of fused-ring (bicyclic) bond motifs is 1. The number of ether oxygens (including phenoxy) is 2. The second-order valence-corrected chi connectivity index (χ2v) is 9.40. The largest absolute Gasteiger partial charge is 0.484 e. The van der Waals surface area contributed by atoms with Crippen LogP contribution in [0.2, 0.25) is 0 Å². The fourth-order valence-electron chi connectivity index (χ4n) is 2.96. The zero-order valence-electron chi connectivity index (χ0n) is 17.7. The molecule has 1 aliphatic rings. The molecule has 2 heterocycles. The summed E-state index contributed by atoms with van der Waals surface area (Å²) in [6.45, 7) is -1.82. The highest BCUT2D eigenvalue weighted by molar-refractivity contribution is 7.93. The van der Waals surface area contributed by atoms with Crippen LogP contribution in [0.1, 0.15) is 20.4 Å². The van der Waals surface area contributed by atoms with Crippen molar-refractivity contribution in [1.29, 1.82) is 0 Å². The van der Waals surface area contributed by atoms with Gasteiger partial charge in [0, 0.05) is 0 Å². The van der Waals surface area contributed by atoms with Gasteiger partial charge in [-0.15, -0.1) is 5.10 Å². The second-order valence-electron chi connectivity index (χ2n) is 7.57. The van der Waals surface area contributed by atoms with E-state index in [1.165, 1.54) is 32.0 Å². The number of aromatic nitrogens is 2. The summed E-state index contributed by atoms with van der Waals surface area (Å²) in [5, 5.41) is 24.7. The van der Waals surface area contributed by atoms with Gasteiger partial charge in [-0.05, 0) is 32.0 Å². The standard InChI is InChI=1S/C19H23F2N4O7S/c1-19(2,28)17(27)22-9-12-10-25(13-5-3-4-6-14(13)32-12)33(29,30)15-11-24(18(20)21)23-16(15)31-8-7-26/h4-6,11-12,18,26,28H,7-10H2,1-2H3,(H,22,27)/t12-/m0/s1. The topological polar surface area (TPSA) is 143 Å². The van der Waals surface area contributed by atoms with Crippen molar-refractivity contribution in [2.45, 2.75) is 37.0 Å². The normalized spacial score (nSPS) is 16.3. The number of anilines is 1. The van der Waals surface area contributed by atoms with Gasteiger partial charge in [-0.3, -0.25) is 9.10 Å². The van der Waals surface area contributed by atoms with Crippen molar-refractivity contribution in [2.75, 3.05) is 30.6 Å². The lowest BCUT2D eigenvalue weighted by Crippen LogP contribution is -2.51. The van der Waals surface area contributed by atoms with Crippen molar-refractivity contribution in [3.63, 3.8) is 0 Å². The van der Waals surface area contributed by atoms with Crippen molar-refractivity contribution in [2.24, 2.45) is 0 Å². The van der Waals surface area contributed by atoms with Crippen LogP contribution in [0.5, 0.6) is 11.6 Å². The summed E-state index contributed by atoms with van der Waals surface area (Å²) >= 11 is 0. The van der Waals surface area contributed by atoms with Crippen LogP contribution in [0.15, 0.2) is 29.3 Å². The van der Waals surface area contributed by atoms with Gasteiger partial charge in [-0.2, -0.15) is 8.78 Å². The fraction of sp³-hybridized carbons (Fsp3) is 0.474. The molecule has 1 amide bonds. The minimum absolute atomic E-state index is 0.0977. The number of rotatable bonds is 9. The van der Waals surface area contributed by atoms with E-state index < -0.39 is 51.6 Å².